The van der Waals surface area contributed by atoms with Crippen molar-refractivity contribution in [1.29, 1.82) is 0 Å². The number of benzene rings is 1. The molecule has 2 aliphatic rings. The van der Waals surface area contributed by atoms with Gasteiger partial charge in [-0.2, -0.15) is 9.40 Å². The van der Waals surface area contributed by atoms with E-state index in [2.05, 4.69) is 17.3 Å². The highest BCUT2D eigenvalue weighted by Crippen LogP contribution is 2.32. The second kappa shape index (κ2) is 8.90. The van der Waals surface area contributed by atoms with E-state index in [4.69, 9.17) is 0 Å². The third-order valence-electron chi connectivity index (χ3n) is 6.57. The maximum atomic E-state index is 13.4. The maximum Gasteiger partial charge on any atom is 0.249 e. The number of aromatic nitrogens is 2. The van der Waals surface area contributed by atoms with E-state index < -0.39 is 10.0 Å². The molecule has 1 saturated heterocycles. The Bertz CT molecular complexity index is 1180. The van der Waals surface area contributed by atoms with E-state index in [1.807, 2.05) is 13.0 Å². The van der Waals surface area contributed by atoms with Crippen LogP contribution in [-0.2, 0) is 26.2 Å². The number of carbonyl (C=O) groups is 2. The third kappa shape index (κ3) is 4.41. The Balaban J connectivity index is 1.63. The molecule has 10 heteroatoms. The molecule has 1 aromatic carbocycles. The van der Waals surface area contributed by atoms with Crippen LogP contribution in [0, 0.1) is 19.8 Å². The standard InChI is InChI=1S/C23H31N5O4S/c1-15-9-11-26(12-10-15)33(31,32)23-17(3)25-27(18(23)4)14-22(30)28-16(2)13-21(29)24-19-7-5-6-8-20(19)28/h5-8,15-16H,9-14H2,1-4H3,(H,24,29)/t16-/m0/s1. The zero-order valence-electron chi connectivity index (χ0n) is 19.5. The monoisotopic (exact) mass is 473 g/mol. The molecule has 9 nitrogen and oxygen atoms in total. The molecule has 0 saturated carbocycles. The molecule has 1 atom stereocenters. The Labute approximate surface area is 194 Å². The minimum Gasteiger partial charge on any atom is -0.324 e. The fourth-order valence-electron chi connectivity index (χ4n) is 4.73. The van der Waals surface area contributed by atoms with Gasteiger partial charge in [-0.25, -0.2) is 8.42 Å². The molecule has 0 bridgehead atoms. The van der Waals surface area contributed by atoms with Crippen LogP contribution < -0.4 is 10.2 Å². The second-order valence-corrected chi connectivity index (χ2v) is 11.0. The first-order valence-corrected chi connectivity index (χ1v) is 12.8. The number of sulfonamides is 1. The van der Waals surface area contributed by atoms with Gasteiger partial charge in [0.05, 0.1) is 22.8 Å². The van der Waals surface area contributed by atoms with E-state index in [1.165, 1.54) is 8.99 Å². The van der Waals surface area contributed by atoms with E-state index in [1.54, 1.807) is 36.9 Å². The van der Waals surface area contributed by atoms with Crippen molar-refractivity contribution in [2.24, 2.45) is 5.92 Å². The van der Waals surface area contributed by atoms with Crippen LogP contribution in [0.2, 0.25) is 0 Å². The number of aryl methyl sites for hydroxylation is 1. The molecule has 33 heavy (non-hydrogen) atoms. The van der Waals surface area contributed by atoms with Gasteiger partial charge < -0.3 is 10.2 Å². The lowest BCUT2D eigenvalue weighted by atomic mass is 10.0. The molecule has 0 spiro atoms. The topological polar surface area (TPSA) is 105 Å². The first-order chi connectivity index (χ1) is 15.6. The molecule has 1 aromatic heterocycles. The van der Waals surface area contributed by atoms with Crippen LogP contribution in [0.5, 0.6) is 0 Å². The minimum absolute atomic E-state index is 0.119. The number of anilines is 2. The quantitative estimate of drug-likeness (QED) is 0.735. The van der Waals surface area contributed by atoms with Crippen molar-refractivity contribution in [3.05, 3.63) is 35.7 Å². The molecule has 0 aliphatic carbocycles. The van der Waals surface area contributed by atoms with E-state index in [0.29, 0.717) is 41.8 Å². The summed E-state index contributed by atoms with van der Waals surface area (Å²) in [6.45, 7) is 8.19. The van der Waals surface area contributed by atoms with E-state index in [9.17, 15) is 18.0 Å². The number of para-hydroxylation sites is 2. The number of rotatable bonds is 4. The molecule has 0 unspecified atom stereocenters. The number of nitrogens with zero attached hydrogens (tertiary/aromatic N) is 4. The number of piperidine rings is 1. The predicted molar refractivity (Wildman–Crippen MR) is 125 cm³/mol. The van der Waals surface area contributed by atoms with E-state index >= 15 is 0 Å². The molecule has 178 valence electrons. The number of hydrogen-bond donors (Lipinski definition) is 1. The second-order valence-electron chi connectivity index (χ2n) is 9.13. The molecular weight excluding hydrogens is 442 g/mol. The number of carbonyl (C=O) groups excluding carboxylic acids is 2. The molecule has 2 aliphatic heterocycles. The average Bonchev–Trinajstić information content (AvgIpc) is 2.94. The van der Waals surface area contributed by atoms with E-state index in [0.717, 1.165) is 12.8 Å². The van der Waals surface area contributed by atoms with Crippen molar-refractivity contribution in [3.8, 4) is 0 Å². The highest BCUT2D eigenvalue weighted by atomic mass is 32.2. The molecule has 1 N–H and O–H groups in total. The fourth-order valence-corrected chi connectivity index (χ4v) is 6.58. The summed E-state index contributed by atoms with van der Waals surface area (Å²) in [6, 6.07) is 6.83. The van der Waals surface area contributed by atoms with Crippen molar-refractivity contribution >= 4 is 33.2 Å². The molecule has 2 amide bonds. The molecular formula is C23H31N5O4S. The fraction of sp³-hybridized carbons (Fsp3) is 0.522. The average molecular weight is 474 g/mol. The maximum absolute atomic E-state index is 13.4. The summed E-state index contributed by atoms with van der Waals surface area (Å²) in [6.07, 6.45) is 1.84. The molecule has 0 radical (unpaired) electrons. The molecule has 2 aromatic rings. The summed E-state index contributed by atoms with van der Waals surface area (Å²) in [4.78, 5) is 27.4. The van der Waals surface area contributed by atoms with Gasteiger partial charge in [0.15, 0.2) is 0 Å². The van der Waals surface area contributed by atoms with Gasteiger partial charge in [0.25, 0.3) is 0 Å². The van der Waals surface area contributed by atoms with Crippen molar-refractivity contribution in [3.63, 3.8) is 0 Å². The summed E-state index contributed by atoms with van der Waals surface area (Å²) in [5, 5.41) is 7.27. The van der Waals surface area contributed by atoms with Gasteiger partial charge in [-0.1, -0.05) is 19.1 Å². The third-order valence-corrected chi connectivity index (χ3v) is 8.72. The van der Waals surface area contributed by atoms with Crippen molar-refractivity contribution < 1.29 is 18.0 Å². The van der Waals surface area contributed by atoms with Crippen molar-refractivity contribution in [1.82, 2.24) is 14.1 Å². The van der Waals surface area contributed by atoms with Gasteiger partial charge in [0, 0.05) is 25.6 Å². The summed E-state index contributed by atoms with van der Waals surface area (Å²) >= 11 is 0. The molecule has 1 fully saturated rings. The van der Waals surface area contributed by atoms with Crippen LogP contribution in [0.1, 0.15) is 44.5 Å². The lowest BCUT2D eigenvalue weighted by Crippen LogP contribution is -2.41. The van der Waals surface area contributed by atoms with Gasteiger partial charge in [-0.3, -0.25) is 14.3 Å². The summed E-state index contributed by atoms with van der Waals surface area (Å²) in [5.74, 6) is 0.104. The Morgan fingerprint density at radius 1 is 1.15 bits per heavy atom. The number of hydrogen-bond acceptors (Lipinski definition) is 5. The highest BCUT2D eigenvalue weighted by Gasteiger charge is 2.34. The number of fused-ring (bicyclic) bond motifs is 1. The minimum atomic E-state index is -3.69. The van der Waals surface area contributed by atoms with Gasteiger partial charge >= 0.3 is 0 Å². The smallest absolute Gasteiger partial charge is 0.249 e. The summed E-state index contributed by atoms with van der Waals surface area (Å²) in [5.41, 5.74) is 2.04. The first kappa shape index (κ1) is 23.4. The highest BCUT2D eigenvalue weighted by molar-refractivity contribution is 7.89. The lowest BCUT2D eigenvalue weighted by Gasteiger charge is -2.29. The molecule has 4 rings (SSSR count). The van der Waals surface area contributed by atoms with Crippen LogP contribution in [0.15, 0.2) is 29.2 Å². The molecule has 3 heterocycles. The van der Waals surface area contributed by atoms with Gasteiger partial charge in [-0.05, 0) is 51.7 Å². The summed E-state index contributed by atoms with van der Waals surface area (Å²) in [7, 11) is -3.69. The van der Waals surface area contributed by atoms with Crippen LogP contribution in [0.3, 0.4) is 0 Å². The SMILES string of the molecule is Cc1nn(CC(=O)N2c3ccccc3NC(=O)C[C@@H]2C)c(C)c1S(=O)(=O)N1CCC(C)CC1. The largest absolute Gasteiger partial charge is 0.324 e. The van der Waals surface area contributed by atoms with Gasteiger partial charge in [0.1, 0.15) is 11.4 Å². The van der Waals surface area contributed by atoms with Crippen molar-refractivity contribution in [2.75, 3.05) is 23.3 Å². The van der Waals surface area contributed by atoms with E-state index in [-0.39, 0.29) is 35.7 Å². The van der Waals surface area contributed by atoms with Gasteiger partial charge in [0.2, 0.25) is 21.8 Å². The lowest BCUT2D eigenvalue weighted by molar-refractivity contribution is -0.120. The normalized spacial score (nSPS) is 20.3. The van der Waals surface area contributed by atoms with Crippen LogP contribution >= 0.6 is 0 Å². The van der Waals surface area contributed by atoms with Crippen molar-refractivity contribution in [2.45, 2.75) is 64.4 Å². The van der Waals surface area contributed by atoms with Crippen LogP contribution in [0.25, 0.3) is 0 Å². The van der Waals surface area contributed by atoms with Crippen LogP contribution in [0.4, 0.5) is 11.4 Å². The number of amides is 2. The zero-order chi connectivity index (χ0) is 23.9. The Hall–Kier alpha value is -2.72. The summed E-state index contributed by atoms with van der Waals surface area (Å²) < 4.78 is 29.7. The Morgan fingerprint density at radius 3 is 2.52 bits per heavy atom. The Morgan fingerprint density at radius 2 is 1.82 bits per heavy atom. The van der Waals surface area contributed by atoms with Gasteiger partial charge in [-0.15, -0.1) is 0 Å². The Kier molecular flexibility index (Phi) is 6.32. The zero-order valence-corrected chi connectivity index (χ0v) is 20.4. The van der Waals surface area contributed by atoms with Crippen LogP contribution in [-0.4, -0.2) is 53.4 Å². The number of nitrogens with one attached hydrogen (secondary N) is 1. The predicted octanol–water partition coefficient (Wildman–Crippen LogP) is 2.68. The first-order valence-electron chi connectivity index (χ1n) is 11.3.